The van der Waals surface area contributed by atoms with Crippen molar-refractivity contribution in [3.8, 4) is 0 Å². The van der Waals surface area contributed by atoms with Gasteiger partial charge >= 0.3 is 5.97 Å². The number of aliphatic hydroxyl groups is 8. The molecule has 0 saturated carbocycles. The zero-order valence-corrected chi connectivity index (χ0v) is 24.3. The van der Waals surface area contributed by atoms with Crippen LogP contribution in [0.25, 0.3) is 0 Å². The number of rotatable bonds is 28. The molecule has 9 N–H and O–H groups in total. The summed E-state index contributed by atoms with van der Waals surface area (Å²) in [6, 6.07) is 0. The Morgan fingerprint density at radius 1 is 0.525 bits per heavy atom. The smallest absolute Gasteiger partial charge is 0.306 e. The molecule has 0 aromatic carbocycles. The van der Waals surface area contributed by atoms with E-state index in [2.05, 4.69) is 12.2 Å². The Bertz CT molecular complexity index is 617. The number of aliphatic hydroxyl groups excluding tert-OH is 8. The number of hydrogen-bond donors (Lipinski definition) is 9. The highest BCUT2D eigenvalue weighted by atomic mass is 16.4. The second-order valence-corrected chi connectivity index (χ2v) is 11.2. The number of carbonyl (C=O) groups is 1. The van der Waals surface area contributed by atoms with Crippen molar-refractivity contribution in [2.45, 2.75) is 127 Å². The fourth-order valence-corrected chi connectivity index (χ4v) is 5.35. The highest BCUT2D eigenvalue weighted by Gasteiger charge is 2.37. The van der Waals surface area contributed by atoms with Crippen molar-refractivity contribution in [3.05, 3.63) is 12.2 Å². The number of unbranched alkanes of at least 4 members (excludes halogenated alkanes) is 9. The van der Waals surface area contributed by atoms with Crippen LogP contribution in [0, 0.1) is 17.8 Å². The molecule has 0 aromatic rings. The Balaban J connectivity index is 4.62. The molecule has 0 aliphatic carbocycles. The Morgan fingerprint density at radius 2 is 0.950 bits per heavy atom. The first kappa shape index (κ1) is 38.9. The SMILES string of the molecule is O=C(O)C(CC(O)CO)C(CC(O)CO)C(CCCCC=CCCCCCCCCCC(O)CO)CC(O)CO. The topological polar surface area (TPSA) is 199 Å². The number of hydrogen-bond acceptors (Lipinski definition) is 9. The lowest BCUT2D eigenvalue weighted by atomic mass is 9.72. The van der Waals surface area contributed by atoms with Gasteiger partial charge in [0.05, 0.1) is 56.8 Å². The molecule has 0 amide bonds. The summed E-state index contributed by atoms with van der Waals surface area (Å²) in [5, 5.41) is 86.2. The summed E-state index contributed by atoms with van der Waals surface area (Å²) >= 11 is 0. The number of carboxylic acids is 1. The summed E-state index contributed by atoms with van der Waals surface area (Å²) in [6.45, 7) is -1.76. The van der Waals surface area contributed by atoms with Gasteiger partial charge in [0.25, 0.3) is 0 Å². The van der Waals surface area contributed by atoms with Crippen LogP contribution < -0.4 is 0 Å². The van der Waals surface area contributed by atoms with Crippen LogP contribution in [-0.2, 0) is 4.79 Å². The van der Waals surface area contributed by atoms with Crippen molar-refractivity contribution in [1.29, 1.82) is 0 Å². The van der Waals surface area contributed by atoms with Gasteiger partial charge in [-0.1, -0.05) is 63.5 Å². The van der Waals surface area contributed by atoms with Crippen LogP contribution in [0.2, 0.25) is 0 Å². The van der Waals surface area contributed by atoms with E-state index in [0.29, 0.717) is 12.8 Å². The number of aliphatic carboxylic acids is 1. The first-order chi connectivity index (χ1) is 19.2. The molecule has 0 aliphatic heterocycles. The molecular weight excluding hydrogens is 520 g/mol. The zero-order valence-electron chi connectivity index (χ0n) is 24.3. The van der Waals surface area contributed by atoms with Gasteiger partial charge in [-0.25, -0.2) is 0 Å². The van der Waals surface area contributed by atoms with E-state index in [1.807, 2.05) is 0 Å². The molecule has 40 heavy (non-hydrogen) atoms. The third-order valence-corrected chi connectivity index (χ3v) is 7.70. The molecule has 0 rings (SSSR count). The predicted octanol–water partition coefficient (Wildman–Crippen LogP) is 2.13. The average molecular weight is 579 g/mol. The highest BCUT2D eigenvalue weighted by molar-refractivity contribution is 5.70. The van der Waals surface area contributed by atoms with Gasteiger partial charge in [0.2, 0.25) is 0 Å². The molecule has 0 saturated heterocycles. The van der Waals surface area contributed by atoms with E-state index in [4.69, 9.17) is 5.11 Å². The maximum Gasteiger partial charge on any atom is 0.306 e. The molecule has 0 spiro atoms. The quantitative estimate of drug-likeness (QED) is 0.0489. The van der Waals surface area contributed by atoms with Crippen molar-refractivity contribution >= 4 is 5.97 Å². The summed E-state index contributed by atoms with van der Waals surface area (Å²) in [7, 11) is 0. The van der Waals surface area contributed by atoms with Gasteiger partial charge in [-0.2, -0.15) is 0 Å². The van der Waals surface area contributed by atoms with Crippen LogP contribution in [-0.4, -0.2) is 103 Å². The van der Waals surface area contributed by atoms with Crippen molar-refractivity contribution < 1.29 is 50.8 Å². The molecule has 0 aliphatic rings. The van der Waals surface area contributed by atoms with Gasteiger partial charge in [0.15, 0.2) is 0 Å². The van der Waals surface area contributed by atoms with Crippen LogP contribution >= 0.6 is 0 Å². The van der Waals surface area contributed by atoms with E-state index < -0.39 is 62.0 Å². The lowest BCUT2D eigenvalue weighted by molar-refractivity contribution is -0.147. The van der Waals surface area contributed by atoms with Gasteiger partial charge in [-0.05, 0) is 63.2 Å². The number of allylic oxidation sites excluding steroid dienone is 2. The molecule has 238 valence electrons. The molecule has 0 bridgehead atoms. The van der Waals surface area contributed by atoms with Gasteiger partial charge < -0.3 is 46.0 Å². The third-order valence-electron chi connectivity index (χ3n) is 7.70. The van der Waals surface area contributed by atoms with E-state index in [0.717, 1.165) is 51.4 Å². The Morgan fingerprint density at radius 3 is 1.48 bits per heavy atom. The van der Waals surface area contributed by atoms with Crippen LogP contribution in [0.4, 0.5) is 0 Å². The van der Waals surface area contributed by atoms with Crippen molar-refractivity contribution in [2.75, 3.05) is 26.4 Å². The summed E-state index contributed by atoms with van der Waals surface area (Å²) in [4.78, 5) is 12.1. The normalized spacial score (nSPS) is 17.4. The first-order valence-corrected chi connectivity index (χ1v) is 15.2. The van der Waals surface area contributed by atoms with Crippen LogP contribution in [0.15, 0.2) is 12.2 Å². The molecule has 10 nitrogen and oxygen atoms in total. The van der Waals surface area contributed by atoms with Crippen molar-refractivity contribution in [2.24, 2.45) is 17.8 Å². The van der Waals surface area contributed by atoms with E-state index in [1.54, 1.807) is 0 Å². The van der Waals surface area contributed by atoms with E-state index in [-0.39, 0.29) is 31.8 Å². The van der Waals surface area contributed by atoms with Crippen molar-refractivity contribution in [3.63, 3.8) is 0 Å². The lowest BCUT2D eigenvalue weighted by Crippen LogP contribution is -2.37. The minimum absolute atomic E-state index is 0.0266. The summed E-state index contributed by atoms with van der Waals surface area (Å²) in [5.74, 6) is -3.28. The van der Waals surface area contributed by atoms with E-state index >= 15 is 0 Å². The standard InChI is InChI=1S/C30H58O10/c31-19-24(35)15-13-11-9-7-5-3-1-2-4-6-8-10-12-14-23(16-25(36)20-32)28(17-26(37)21-33)29(30(39)40)18-27(38)22-34/h4,6,23-29,31-38H,1-3,5,7-22H2,(H,39,40). The molecule has 7 atom stereocenters. The molecule has 7 unspecified atom stereocenters. The van der Waals surface area contributed by atoms with E-state index in [1.165, 1.54) is 19.3 Å². The van der Waals surface area contributed by atoms with Crippen LogP contribution in [0.1, 0.15) is 103 Å². The minimum Gasteiger partial charge on any atom is -0.481 e. The molecule has 0 aromatic heterocycles. The fourth-order valence-electron chi connectivity index (χ4n) is 5.35. The first-order valence-electron chi connectivity index (χ1n) is 15.2. The summed E-state index contributed by atoms with van der Waals surface area (Å²) in [6.07, 6.45) is 12.8. The van der Waals surface area contributed by atoms with Crippen molar-refractivity contribution in [1.82, 2.24) is 0 Å². The monoisotopic (exact) mass is 578 g/mol. The summed E-state index contributed by atoms with van der Waals surface area (Å²) < 4.78 is 0. The maximum absolute atomic E-state index is 12.1. The van der Waals surface area contributed by atoms with Gasteiger partial charge in [0, 0.05) is 0 Å². The zero-order chi connectivity index (χ0) is 30.2. The van der Waals surface area contributed by atoms with Crippen LogP contribution in [0.3, 0.4) is 0 Å². The second kappa shape index (κ2) is 25.6. The van der Waals surface area contributed by atoms with Crippen LogP contribution in [0.5, 0.6) is 0 Å². The number of carboxylic acid groups (broad SMARTS) is 1. The Hall–Kier alpha value is -1.11. The largest absolute Gasteiger partial charge is 0.481 e. The van der Waals surface area contributed by atoms with E-state index in [9.17, 15) is 45.6 Å². The molecule has 10 heteroatoms. The Labute approximate surface area is 240 Å². The summed E-state index contributed by atoms with van der Waals surface area (Å²) in [5.41, 5.74) is 0. The Kier molecular flexibility index (Phi) is 24.9. The second-order valence-electron chi connectivity index (χ2n) is 11.2. The molecule has 0 radical (unpaired) electrons. The van der Waals surface area contributed by atoms with Gasteiger partial charge in [0.1, 0.15) is 0 Å². The minimum atomic E-state index is -1.24. The lowest BCUT2D eigenvalue weighted by Gasteiger charge is -2.35. The average Bonchev–Trinajstić information content (AvgIpc) is 2.95. The molecular formula is C30H58O10. The van der Waals surface area contributed by atoms with Gasteiger partial charge in [-0.3, -0.25) is 4.79 Å². The molecule has 0 heterocycles. The molecule has 0 fully saturated rings. The highest BCUT2D eigenvalue weighted by Crippen LogP contribution is 2.36. The predicted molar refractivity (Wildman–Crippen MR) is 153 cm³/mol. The van der Waals surface area contributed by atoms with Gasteiger partial charge in [-0.15, -0.1) is 0 Å². The maximum atomic E-state index is 12.1. The fraction of sp³-hybridized carbons (Fsp3) is 0.900. The third kappa shape index (κ3) is 19.9.